The highest BCUT2D eigenvalue weighted by molar-refractivity contribution is 9.10. The van der Waals surface area contributed by atoms with E-state index in [0.29, 0.717) is 13.2 Å². The first-order chi connectivity index (χ1) is 8.40. The minimum atomic E-state index is -0.659. The average molecular weight is 316 g/mol. The summed E-state index contributed by atoms with van der Waals surface area (Å²) >= 11 is 3.39. The van der Waals surface area contributed by atoms with Crippen LogP contribution in [0.5, 0.6) is 5.75 Å². The summed E-state index contributed by atoms with van der Waals surface area (Å²) in [5.74, 6) is 0.873. The number of ether oxygens (including phenoxy) is 1. The Morgan fingerprint density at radius 2 is 1.89 bits per heavy atom. The van der Waals surface area contributed by atoms with Gasteiger partial charge in [0.2, 0.25) is 0 Å². The van der Waals surface area contributed by atoms with Crippen LogP contribution in [0.15, 0.2) is 28.7 Å². The van der Waals surface area contributed by atoms with Crippen molar-refractivity contribution in [2.75, 3.05) is 26.2 Å². The highest BCUT2D eigenvalue weighted by Gasteiger charge is 2.16. The molecule has 0 amide bonds. The van der Waals surface area contributed by atoms with Crippen molar-refractivity contribution in [1.82, 2.24) is 4.90 Å². The van der Waals surface area contributed by atoms with Gasteiger partial charge in [-0.15, -0.1) is 0 Å². The number of halogens is 1. The fourth-order valence-corrected chi connectivity index (χ4v) is 1.98. The molecule has 0 heterocycles. The van der Waals surface area contributed by atoms with E-state index in [1.165, 1.54) is 0 Å². The molecule has 0 saturated carbocycles. The molecule has 0 fully saturated rings. The lowest BCUT2D eigenvalue weighted by Crippen LogP contribution is -2.40. The molecule has 0 aliphatic carbocycles. The van der Waals surface area contributed by atoms with E-state index in [2.05, 4.69) is 27.8 Å². The van der Waals surface area contributed by atoms with Gasteiger partial charge >= 0.3 is 0 Å². The second-order valence-corrected chi connectivity index (χ2v) is 5.90. The molecule has 0 radical (unpaired) electrons. The maximum atomic E-state index is 9.78. The van der Waals surface area contributed by atoms with Crippen LogP contribution in [0.1, 0.15) is 20.8 Å². The SMILES string of the molecule is CCN(CCOc1ccc(Br)cc1)CC(C)(C)O. The molecule has 0 aromatic heterocycles. The fourth-order valence-electron chi connectivity index (χ4n) is 1.72. The lowest BCUT2D eigenvalue weighted by atomic mass is 10.1. The molecule has 102 valence electrons. The van der Waals surface area contributed by atoms with Crippen LogP contribution in [0.3, 0.4) is 0 Å². The molecule has 1 aromatic carbocycles. The van der Waals surface area contributed by atoms with Crippen LogP contribution in [-0.4, -0.2) is 41.8 Å². The van der Waals surface area contributed by atoms with Crippen LogP contribution >= 0.6 is 15.9 Å². The zero-order valence-electron chi connectivity index (χ0n) is 11.3. The molecule has 1 N–H and O–H groups in total. The van der Waals surface area contributed by atoms with E-state index < -0.39 is 5.60 Å². The number of benzene rings is 1. The zero-order chi connectivity index (χ0) is 13.6. The number of rotatable bonds is 7. The normalized spacial score (nSPS) is 11.9. The Kier molecular flexibility index (Phi) is 6.12. The van der Waals surface area contributed by atoms with Crippen molar-refractivity contribution < 1.29 is 9.84 Å². The molecule has 0 atom stereocenters. The third-order valence-corrected chi connectivity index (χ3v) is 3.08. The summed E-state index contributed by atoms with van der Waals surface area (Å²) in [5.41, 5.74) is -0.659. The second kappa shape index (κ2) is 7.12. The van der Waals surface area contributed by atoms with Gasteiger partial charge < -0.3 is 9.84 Å². The molecule has 0 bridgehead atoms. The lowest BCUT2D eigenvalue weighted by molar-refractivity contribution is 0.0340. The molecule has 1 aromatic rings. The number of hydrogen-bond acceptors (Lipinski definition) is 3. The van der Waals surface area contributed by atoms with E-state index in [1.807, 2.05) is 38.1 Å². The third kappa shape index (κ3) is 6.38. The van der Waals surface area contributed by atoms with Gasteiger partial charge in [0, 0.05) is 17.6 Å². The molecule has 0 saturated heterocycles. The van der Waals surface area contributed by atoms with Crippen molar-refractivity contribution in [1.29, 1.82) is 0 Å². The quantitative estimate of drug-likeness (QED) is 0.839. The lowest BCUT2D eigenvalue weighted by Gasteiger charge is -2.27. The topological polar surface area (TPSA) is 32.7 Å². The van der Waals surface area contributed by atoms with Gasteiger partial charge in [-0.3, -0.25) is 4.90 Å². The van der Waals surface area contributed by atoms with Crippen LogP contribution in [0.2, 0.25) is 0 Å². The van der Waals surface area contributed by atoms with Crippen molar-refractivity contribution in [3.63, 3.8) is 0 Å². The van der Waals surface area contributed by atoms with Gasteiger partial charge in [0.05, 0.1) is 5.60 Å². The highest BCUT2D eigenvalue weighted by atomic mass is 79.9. The minimum absolute atomic E-state index is 0.631. The Bertz CT molecular complexity index is 346. The molecule has 3 nitrogen and oxygen atoms in total. The Labute approximate surface area is 118 Å². The highest BCUT2D eigenvalue weighted by Crippen LogP contribution is 2.16. The number of aliphatic hydroxyl groups is 1. The fraction of sp³-hybridized carbons (Fsp3) is 0.571. The van der Waals surface area contributed by atoms with Gasteiger partial charge in [0.25, 0.3) is 0 Å². The minimum Gasteiger partial charge on any atom is -0.492 e. The van der Waals surface area contributed by atoms with Gasteiger partial charge in [0.1, 0.15) is 12.4 Å². The summed E-state index contributed by atoms with van der Waals surface area (Å²) in [4.78, 5) is 2.18. The van der Waals surface area contributed by atoms with Gasteiger partial charge in [-0.1, -0.05) is 22.9 Å². The summed E-state index contributed by atoms with van der Waals surface area (Å²) in [6, 6.07) is 7.81. The standard InChI is InChI=1S/C14H22BrNO2/c1-4-16(11-14(2,3)17)9-10-18-13-7-5-12(15)6-8-13/h5-8,17H,4,9-11H2,1-3H3. The van der Waals surface area contributed by atoms with Gasteiger partial charge in [0.15, 0.2) is 0 Å². The number of hydrogen-bond donors (Lipinski definition) is 1. The van der Waals surface area contributed by atoms with Crippen molar-refractivity contribution in [3.05, 3.63) is 28.7 Å². The van der Waals surface area contributed by atoms with E-state index >= 15 is 0 Å². The molecule has 0 unspecified atom stereocenters. The van der Waals surface area contributed by atoms with Crippen LogP contribution in [-0.2, 0) is 0 Å². The Morgan fingerprint density at radius 3 is 2.39 bits per heavy atom. The number of nitrogens with zero attached hydrogens (tertiary/aromatic N) is 1. The van der Waals surface area contributed by atoms with Crippen LogP contribution in [0.4, 0.5) is 0 Å². The van der Waals surface area contributed by atoms with Crippen molar-refractivity contribution in [2.45, 2.75) is 26.4 Å². The average Bonchev–Trinajstić information content (AvgIpc) is 2.29. The van der Waals surface area contributed by atoms with Crippen LogP contribution in [0, 0.1) is 0 Å². The van der Waals surface area contributed by atoms with E-state index in [0.717, 1.165) is 23.3 Å². The zero-order valence-corrected chi connectivity index (χ0v) is 12.9. The monoisotopic (exact) mass is 315 g/mol. The van der Waals surface area contributed by atoms with E-state index in [4.69, 9.17) is 4.74 Å². The Morgan fingerprint density at radius 1 is 1.28 bits per heavy atom. The van der Waals surface area contributed by atoms with Gasteiger partial charge in [-0.2, -0.15) is 0 Å². The molecule has 0 aliphatic heterocycles. The van der Waals surface area contributed by atoms with Crippen molar-refractivity contribution >= 4 is 15.9 Å². The first-order valence-corrected chi connectivity index (χ1v) is 7.03. The first-order valence-electron chi connectivity index (χ1n) is 6.24. The molecular formula is C14H22BrNO2. The summed E-state index contributed by atoms with van der Waals surface area (Å²) in [5, 5.41) is 9.78. The molecule has 18 heavy (non-hydrogen) atoms. The maximum absolute atomic E-state index is 9.78. The molecular weight excluding hydrogens is 294 g/mol. The predicted octanol–water partition coefficient (Wildman–Crippen LogP) is 2.92. The van der Waals surface area contributed by atoms with E-state index in [-0.39, 0.29) is 0 Å². The van der Waals surface area contributed by atoms with E-state index in [9.17, 15) is 5.11 Å². The largest absolute Gasteiger partial charge is 0.492 e. The second-order valence-electron chi connectivity index (χ2n) is 4.98. The summed E-state index contributed by atoms with van der Waals surface area (Å²) in [6.07, 6.45) is 0. The number of likely N-dealkylation sites (N-methyl/N-ethyl adjacent to an activating group) is 1. The summed E-state index contributed by atoms with van der Waals surface area (Å²) in [6.45, 7) is 8.75. The Hall–Kier alpha value is -0.580. The molecule has 0 spiro atoms. The maximum Gasteiger partial charge on any atom is 0.119 e. The van der Waals surface area contributed by atoms with Crippen LogP contribution < -0.4 is 4.74 Å². The summed E-state index contributed by atoms with van der Waals surface area (Å²) < 4.78 is 6.71. The first kappa shape index (κ1) is 15.5. The van der Waals surface area contributed by atoms with Gasteiger partial charge in [-0.25, -0.2) is 0 Å². The van der Waals surface area contributed by atoms with Crippen LogP contribution in [0.25, 0.3) is 0 Å². The van der Waals surface area contributed by atoms with Gasteiger partial charge in [-0.05, 0) is 44.7 Å². The predicted molar refractivity (Wildman–Crippen MR) is 78.0 cm³/mol. The molecule has 1 rings (SSSR count). The molecule has 0 aliphatic rings. The molecule has 4 heteroatoms. The Balaban J connectivity index is 2.33. The summed E-state index contributed by atoms with van der Waals surface area (Å²) in [7, 11) is 0. The van der Waals surface area contributed by atoms with E-state index in [1.54, 1.807) is 0 Å². The van der Waals surface area contributed by atoms with Crippen molar-refractivity contribution in [3.8, 4) is 5.75 Å². The van der Waals surface area contributed by atoms with Crippen molar-refractivity contribution in [2.24, 2.45) is 0 Å². The third-order valence-electron chi connectivity index (χ3n) is 2.55. The smallest absolute Gasteiger partial charge is 0.119 e.